The monoisotopic (exact) mass is 281 g/mol. The first-order valence-electron chi connectivity index (χ1n) is 8.44. The Kier molecular flexibility index (Phi) is 6.30. The third kappa shape index (κ3) is 4.19. The lowest BCUT2D eigenvalue weighted by molar-refractivity contribution is -0.127. The Bertz CT molecular complexity index is 302. The SMILES string of the molecule is CC(C1CCCCC1)N1CCCC(C(=O)NCCN)C1. The van der Waals surface area contributed by atoms with Crippen molar-refractivity contribution in [2.24, 2.45) is 17.6 Å². The van der Waals surface area contributed by atoms with Gasteiger partial charge in [-0.1, -0.05) is 19.3 Å². The van der Waals surface area contributed by atoms with Crippen LogP contribution in [0, 0.1) is 11.8 Å². The van der Waals surface area contributed by atoms with Gasteiger partial charge in [0.15, 0.2) is 0 Å². The molecular formula is C16H31N3O. The Hall–Kier alpha value is -0.610. The maximum Gasteiger partial charge on any atom is 0.224 e. The minimum absolute atomic E-state index is 0.168. The zero-order valence-corrected chi connectivity index (χ0v) is 12.9. The summed E-state index contributed by atoms with van der Waals surface area (Å²) in [4.78, 5) is 14.7. The number of rotatable bonds is 5. The van der Waals surface area contributed by atoms with Crippen LogP contribution in [-0.2, 0) is 4.79 Å². The second-order valence-corrected chi connectivity index (χ2v) is 6.55. The van der Waals surface area contributed by atoms with Crippen LogP contribution in [-0.4, -0.2) is 43.0 Å². The van der Waals surface area contributed by atoms with E-state index in [0.717, 1.165) is 25.3 Å². The Labute approximate surface area is 123 Å². The highest BCUT2D eigenvalue weighted by atomic mass is 16.1. The van der Waals surface area contributed by atoms with Crippen LogP contribution >= 0.6 is 0 Å². The Morgan fingerprint density at radius 1 is 1.25 bits per heavy atom. The van der Waals surface area contributed by atoms with Crippen molar-refractivity contribution < 1.29 is 4.79 Å². The molecular weight excluding hydrogens is 250 g/mol. The zero-order chi connectivity index (χ0) is 14.4. The van der Waals surface area contributed by atoms with Crippen molar-refractivity contribution in [1.82, 2.24) is 10.2 Å². The molecule has 2 fully saturated rings. The van der Waals surface area contributed by atoms with Gasteiger partial charge in [-0.15, -0.1) is 0 Å². The topological polar surface area (TPSA) is 58.4 Å². The molecule has 1 saturated heterocycles. The number of nitrogens with two attached hydrogens (primary N) is 1. The van der Waals surface area contributed by atoms with Crippen molar-refractivity contribution in [3.63, 3.8) is 0 Å². The molecule has 0 spiro atoms. The summed E-state index contributed by atoms with van der Waals surface area (Å²) in [5.74, 6) is 1.21. The highest BCUT2D eigenvalue weighted by molar-refractivity contribution is 5.78. The van der Waals surface area contributed by atoms with Crippen molar-refractivity contribution >= 4 is 5.91 Å². The van der Waals surface area contributed by atoms with Crippen molar-refractivity contribution in [3.8, 4) is 0 Å². The Balaban J connectivity index is 1.84. The van der Waals surface area contributed by atoms with Crippen LogP contribution in [0.1, 0.15) is 51.9 Å². The summed E-state index contributed by atoms with van der Waals surface area (Å²) in [7, 11) is 0. The summed E-state index contributed by atoms with van der Waals surface area (Å²) < 4.78 is 0. The number of hydrogen-bond donors (Lipinski definition) is 2. The summed E-state index contributed by atoms with van der Waals surface area (Å²) in [6.45, 7) is 5.61. The summed E-state index contributed by atoms with van der Waals surface area (Å²) >= 11 is 0. The van der Waals surface area contributed by atoms with Crippen LogP contribution in [0.15, 0.2) is 0 Å². The molecule has 4 heteroatoms. The fraction of sp³-hybridized carbons (Fsp3) is 0.938. The summed E-state index contributed by atoms with van der Waals surface area (Å²) in [5.41, 5.74) is 5.45. The number of carbonyl (C=O) groups excluding carboxylic acids is 1. The van der Waals surface area contributed by atoms with Gasteiger partial charge in [-0.05, 0) is 45.1 Å². The molecule has 3 N–H and O–H groups in total. The van der Waals surface area contributed by atoms with Gasteiger partial charge in [-0.2, -0.15) is 0 Å². The lowest BCUT2D eigenvalue weighted by Gasteiger charge is -2.41. The van der Waals surface area contributed by atoms with E-state index in [-0.39, 0.29) is 11.8 Å². The van der Waals surface area contributed by atoms with E-state index in [0.29, 0.717) is 19.1 Å². The van der Waals surface area contributed by atoms with Gasteiger partial charge in [0.25, 0.3) is 0 Å². The van der Waals surface area contributed by atoms with Crippen LogP contribution in [0.2, 0.25) is 0 Å². The van der Waals surface area contributed by atoms with E-state index in [2.05, 4.69) is 17.1 Å². The van der Waals surface area contributed by atoms with Gasteiger partial charge in [-0.25, -0.2) is 0 Å². The molecule has 4 nitrogen and oxygen atoms in total. The first-order valence-corrected chi connectivity index (χ1v) is 8.44. The molecule has 0 aromatic carbocycles. The molecule has 2 unspecified atom stereocenters. The van der Waals surface area contributed by atoms with Gasteiger partial charge in [0, 0.05) is 25.7 Å². The van der Waals surface area contributed by atoms with Gasteiger partial charge in [-0.3, -0.25) is 9.69 Å². The molecule has 0 radical (unpaired) electrons. The molecule has 0 aromatic heterocycles. The number of amides is 1. The van der Waals surface area contributed by atoms with E-state index < -0.39 is 0 Å². The third-order valence-electron chi connectivity index (χ3n) is 5.18. The van der Waals surface area contributed by atoms with Crippen LogP contribution in [0.4, 0.5) is 0 Å². The largest absolute Gasteiger partial charge is 0.355 e. The predicted octanol–water partition coefficient (Wildman–Crippen LogP) is 1.74. The maximum atomic E-state index is 12.1. The van der Waals surface area contributed by atoms with E-state index in [9.17, 15) is 4.79 Å². The zero-order valence-electron chi connectivity index (χ0n) is 12.9. The summed E-state index contributed by atoms with van der Waals surface area (Å²) in [6, 6.07) is 0.639. The number of likely N-dealkylation sites (tertiary alicyclic amines) is 1. The third-order valence-corrected chi connectivity index (χ3v) is 5.18. The van der Waals surface area contributed by atoms with Crippen molar-refractivity contribution in [1.29, 1.82) is 0 Å². The fourth-order valence-electron chi connectivity index (χ4n) is 3.84. The van der Waals surface area contributed by atoms with Crippen LogP contribution < -0.4 is 11.1 Å². The molecule has 2 atom stereocenters. The number of piperidine rings is 1. The lowest BCUT2D eigenvalue weighted by atomic mass is 9.83. The molecule has 1 aliphatic carbocycles. The average molecular weight is 281 g/mol. The second kappa shape index (κ2) is 7.99. The van der Waals surface area contributed by atoms with E-state index in [1.54, 1.807) is 0 Å². The number of nitrogens with zero attached hydrogens (tertiary/aromatic N) is 1. The fourth-order valence-corrected chi connectivity index (χ4v) is 3.84. The molecule has 20 heavy (non-hydrogen) atoms. The predicted molar refractivity (Wildman–Crippen MR) is 82.4 cm³/mol. The van der Waals surface area contributed by atoms with Gasteiger partial charge < -0.3 is 11.1 Å². The number of nitrogens with one attached hydrogen (secondary N) is 1. The minimum Gasteiger partial charge on any atom is -0.355 e. The van der Waals surface area contributed by atoms with Crippen molar-refractivity contribution in [3.05, 3.63) is 0 Å². The standard InChI is InChI=1S/C16H31N3O/c1-13(14-6-3-2-4-7-14)19-11-5-8-15(12-19)16(20)18-10-9-17/h13-15H,2-12,17H2,1H3,(H,18,20). The second-order valence-electron chi connectivity index (χ2n) is 6.55. The van der Waals surface area contributed by atoms with E-state index >= 15 is 0 Å². The van der Waals surface area contributed by atoms with E-state index in [1.807, 2.05) is 0 Å². The minimum atomic E-state index is 0.168. The highest BCUT2D eigenvalue weighted by Gasteiger charge is 2.31. The first-order chi connectivity index (χ1) is 9.72. The molecule has 1 aliphatic heterocycles. The van der Waals surface area contributed by atoms with Crippen LogP contribution in [0.25, 0.3) is 0 Å². The van der Waals surface area contributed by atoms with Gasteiger partial charge >= 0.3 is 0 Å². The lowest BCUT2D eigenvalue weighted by Crippen LogP contribution is -2.49. The first kappa shape index (κ1) is 15.8. The smallest absolute Gasteiger partial charge is 0.224 e. The number of hydrogen-bond acceptors (Lipinski definition) is 3. The molecule has 0 bridgehead atoms. The average Bonchev–Trinajstić information content (AvgIpc) is 2.52. The normalized spacial score (nSPS) is 27.2. The van der Waals surface area contributed by atoms with Crippen molar-refractivity contribution in [2.45, 2.75) is 57.9 Å². The van der Waals surface area contributed by atoms with Gasteiger partial charge in [0.1, 0.15) is 0 Å². The highest BCUT2D eigenvalue weighted by Crippen LogP contribution is 2.31. The van der Waals surface area contributed by atoms with Gasteiger partial charge in [0.05, 0.1) is 5.92 Å². The Morgan fingerprint density at radius 2 is 2.00 bits per heavy atom. The van der Waals surface area contributed by atoms with Crippen molar-refractivity contribution in [2.75, 3.05) is 26.2 Å². The van der Waals surface area contributed by atoms with Gasteiger partial charge in [0.2, 0.25) is 5.91 Å². The molecule has 1 saturated carbocycles. The quantitative estimate of drug-likeness (QED) is 0.807. The molecule has 2 aliphatic rings. The summed E-state index contributed by atoms with van der Waals surface area (Å²) in [5, 5.41) is 2.95. The summed E-state index contributed by atoms with van der Waals surface area (Å²) in [6.07, 6.45) is 9.13. The molecule has 0 aromatic rings. The molecule has 1 heterocycles. The maximum absolute atomic E-state index is 12.1. The van der Waals surface area contributed by atoms with Crippen LogP contribution in [0.5, 0.6) is 0 Å². The van der Waals surface area contributed by atoms with Crippen LogP contribution in [0.3, 0.4) is 0 Å². The molecule has 1 amide bonds. The molecule has 2 rings (SSSR count). The molecule has 116 valence electrons. The van der Waals surface area contributed by atoms with E-state index in [1.165, 1.54) is 38.6 Å². The Morgan fingerprint density at radius 3 is 2.70 bits per heavy atom. The number of carbonyl (C=O) groups is 1. The van der Waals surface area contributed by atoms with E-state index in [4.69, 9.17) is 5.73 Å².